The Balaban J connectivity index is 1.89. The first-order valence-electron chi connectivity index (χ1n) is 6.19. The summed E-state index contributed by atoms with van der Waals surface area (Å²) in [6, 6.07) is 7.23. The van der Waals surface area contributed by atoms with E-state index < -0.39 is 0 Å². The quantitative estimate of drug-likeness (QED) is 0.808. The molecule has 1 fully saturated rings. The minimum atomic E-state index is -0.225. The number of carbonyl (C=O) groups excluding carboxylic acids is 2. The lowest BCUT2D eigenvalue weighted by molar-refractivity contribution is -0.129. The van der Waals surface area contributed by atoms with E-state index in [9.17, 15) is 14.7 Å². The number of benzene rings is 1. The van der Waals surface area contributed by atoms with Crippen LogP contribution in [0.25, 0.3) is 0 Å². The summed E-state index contributed by atoms with van der Waals surface area (Å²) in [5.41, 5.74) is 1.20. The van der Waals surface area contributed by atoms with E-state index >= 15 is 0 Å². The molecule has 1 aromatic carbocycles. The molecule has 18 heavy (non-hydrogen) atoms. The fourth-order valence-electron chi connectivity index (χ4n) is 2.44. The zero-order chi connectivity index (χ0) is 12.8. The van der Waals surface area contributed by atoms with Crippen LogP contribution in [0.4, 0.5) is 0 Å². The van der Waals surface area contributed by atoms with Gasteiger partial charge in [-0.2, -0.15) is 0 Å². The highest BCUT2D eigenvalue weighted by Crippen LogP contribution is 2.46. The number of fused-ring (bicyclic) bond motifs is 1. The molecule has 2 aliphatic rings. The number of carbonyl (C=O) groups is 2. The van der Waals surface area contributed by atoms with Crippen molar-refractivity contribution in [2.75, 3.05) is 13.2 Å². The van der Waals surface area contributed by atoms with Gasteiger partial charge in [-0.3, -0.25) is 14.5 Å². The van der Waals surface area contributed by atoms with E-state index in [0.29, 0.717) is 12.1 Å². The number of nitrogens with zero attached hydrogens (tertiary/aromatic N) is 1. The summed E-state index contributed by atoms with van der Waals surface area (Å²) in [6.07, 6.45) is 2.06. The highest BCUT2D eigenvalue weighted by Gasteiger charge is 2.46. The second kappa shape index (κ2) is 3.92. The number of amides is 2. The van der Waals surface area contributed by atoms with Crippen LogP contribution >= 0.6 is 0 Å². The van der Waals surface area contributed by atoms with Gasteiger partial charge < -0.3 is 5.11 Å². The molecule has 1 aliphatic carbocycles. The largest absolute Gasteiger partial charge is 0.396 e. The first-order chi connectivity index (χ1) is 8.65. The van der Waals surface area contributed by atoms with Gasteiger partial charge in [-0.1, -0.05) is 18.2 Å². The van der Waals surface area contributed by atoms with Gasteiger partial charge in [0.2, 0.25) is 5.91 Å². The van der Waals surface area contributed by atoms with Crippen LogP contribution in [0.2, 0.25) is 0 Å². The van der Waals surface area contributed by atoms with Crippen LogP contribution in [0.15, 0.2) is 24.3 Å². The maximum atomic E-state index is 12.3. The van der Waals surface area contributed by atoms with E-state index in [4.69, 9.17) is 0 Å². The third kappa shape index (κ3) is 1.73. The molecule has 4 heteroatoms. The molecule has 1 heterocycles. The molecule has 0 bridgehead atoms. The highest BCUT2D eigenvalue weighted by molar-refractivity contribution is 6.09. The Hall–Kier alpha value is -1.68. The Bertz CT molecular complexity index is 520. The zero-order valence-corrected chi connectivity index (χ0v) is 10.1. The van der Waals surface area contributed by atoms with E-state index in [0.717, 1.165) is 18.4 Å². The summed E-state index contributed by atoms with van der Waals surface area (Å²) in [6.45, 7) is 0.404. The maximum absolute atomic E-state index is 12.3. The lowest BCUT2D eigenvalue weighted by atomic mass is 9.97. The average Bonchev–Trinajstić information content (AvgIpc) is 3.15. The fourth-order valence-corrected chi connectivity index (χ4v) is 2.44. The Morgan fingerprint density at radius 1 is 1.22 bits per heavy atom. The van der Waals surface area contributed by atoms with Gasteiger partial charge in [-0.05, 0) is 24.5 Å². The maximum Gasteiger partial charge on any atom is 0.260 e. The third-order valence-corrected chi connectivity index (χ3v) is 3.92. The minimum absolute atomic E-state index is 0.0473. The molecule has 0 aromatic heterocycles. The van der Waals surface area contributed by atoms with Crippen molar-refractivity contribution in [3.8, 4) is 0 Å². The second-order valence-corrected chi connectivity index (χ2v) is 5.28. The van der Waals surface area contributed by atoms with Gasteiger partial charge in [0.15, 0.2) is 0 Å². The summed E-state index contributed by atoms with van der Waals surface area (Å²) in [5.74, 6) is -0.375. The van der Waals surface area contributed by atoms with Crippen LogP contribution in [0.3, 0.4) is 0 Å². The van der Waals surface area contributed by atoms with E-state index in [1.54, 1.807) is 6.07 Å². The molecule has 3 rings (SSSR count). The fraction of sp³-hybridized carbons (Fsp3) is 0.429. The van der Waals surface area contributed by atoms with E-state index in [2.05, 4.69) is 0 Å². The van der Waals surface area contributed by atoms with Crippen molar-refractivity contribution in [2.45, 2.75) is 19.3 Å². The molecular weight excluding hydrogens is 230 g/mol. The van der Waals surface area contributed by atoms with Gasteiger partial charge in [-0.25, -0.2) is 0 Å². The molecule has 2 amide bonds. The molecular formula is C14H15NO3. The molecule has 1 aromatic rings. The van der Waals surface area contributed by atoms with Gasteiger partial charge in [-0.15, -0.1) is 0 Å². The molecule has 4 nitrogen and oxygen atoms in total. The van der Waals surface area contributed by atoms with Crippen LogP contribution in [0.5, 0.6) is 0 Å². The van der Waals surface area contributed by atoms with Crippen LogP contribution in [-0.4, -0.2) is 35.0 Å². The SMILES string of the molecule is O=C1Cc2ccccc2C(=O)N1CC1(CO)CC1. The predicted octanol–water partition coefficient (Wildman–Crippen LogP) is 0.984. The molecule has 94 valence electrons. The number of rotatable bonds is 3. The first kappa shape index (κ1) is 11.4. The summed E-state index contributed by atoms with van der Waals surface area (Å²) < 4.78 is 0. The average molecular weight is 245 g/mol. The normalized spacial score (nSPS) is 20.8. The lowest BCUT2D eigenvalue weighted by Crippen LogP contribution is -2.45. The summed E-state index contributed by atoms with van der Waals surface area (Å²) in [4.78, 5) is 25.6. The molecule has 0 spiro atoms. The summed E-state index contributed by atoms with van der Waals surface area (Å²) in [7, 11) is 0. The van der Waals surface area contributed by atoms with E-state index in [1.165, 1.54) is 4.90 Å². The number of aliphatic hydroxyl groups excluding tert-OH is 1. The van der Waals surface area contributed by atoms with Crippen molar-refractivity contribution in [1.82, 2.24) is 4.90 Å². The van der Waals surface area contributed by atoms with Crippen molar-refractivity contribution < 1.29 is 14.7 Å². The van der Waals surface area contributed by atoms with E-state index in [1.807, 2.05) is 18.2 Å². The van der Waals surface area contributed by atoms with Gasteiger partial charge in [0.05, 0.1) is 13.0 Å². The van der Waals surface area contributed by atoms with Crippen molar-refractivity contribution in [3.05, 3.63) is 35.4 Å². The Morgan fingerprint density at radius 2 is 1.94 bits per heavy atom. The molecule has 0 saturated heterocycles. The Labute approximate surface area is 105 Å². The van der Waals surface area contributed by atoms with Crippen LogP contribution in [-0.2, 0) is 11.2 Å². The van der Waals surface area contributed by atoms with Crippen molar-refractivity contribution in [1.29, 1.82) is 0 Å². The van der Waals surface area contributed by atoms with Crippen LogP contribution < -0.4 is 0 Å². The Kier molecular flexibility index (Phi) is 2.48. The van der Waals surface area contributed by atoms with Crippen LogP contribution in [0, 0.1) is 5.41 Å². The Morgan fingerprint density at radius 3 is 2.61 bits per heavy atom. The van der Waals surface area contributed by atoms with Gasteiger partial charge in [0, 0.05) is 17.5 Å². The van der Waals surface area contributed by atoms with Gasteiger partial charge >= 0.3 is 0 Å². The molecule has 1 aliphatic heterocycles. The van der Waals surface area contributed by atoms with Crippen molar-refractivity contribution >= 4 is 11.8 Å². The smallest absolute Gasteiger partial charge is 0.260 e. The monoisotopic (exact) mass is 245 g/mol. The molecule has 1 N–H and O–H groups in total. The van der Waals surface area contributed by atoms with Gasteiger partial charge in [0.25, 0.3) is 5.91 Å². The van der Waals surface area contributed by atoms with Crippen molar-refractivity contribution in [3.63, 3.8) is 0 Å². The molecule has 0 unspecified atom stereocenters. The number of hydrogen-bond donors (Lipinski definition) is 1. The standard InChI is InChI=1S/C14H15NO3/c16-9-14(5-6-14)8-15-12(17)7-10-3-1-2-4-11(10)13(15)18/h1-4,16H,5-9H2. The molecule has 0 atom stereocenters. The van der Waals surface area contributed by atoms with E-state index in [-0.39, 0.29) is 30.3 Å². The van der Waals surface area contributed by atoms with Gasteiger partial charge in [0.1, 0.15) is 0 Å². The highest BCUT2D eigenvalue weighted by atomic mass is 16.3. The number of imide groups is 1. The minimum Gasteiger partial charge on any atom is -0.396 e. The lowest BCUT2D eigenvalue weighted by Gasteiger charge is -2.29. The molecule has 1 saturated carbocycles. The summed E-state index contributed by atoms with van der Waals surface area (Å²) in [5, 5.41) is 9.31. The number of hydrogen-bond acceptors (Lipinski definition) is 3. The van der Waals surface area contributed by atoms with Crippen molar-refractivity contribution in [2.24, 2.45) is 5.41 Å². The first-order valence-corrected chi connectivity index (χ1v) is 6.19. The third-order valence-electron chi connectivity index (χ3n) is 3.92. The predicted molar refractivity (Wildman–Crippen MR) is 64.9 cm³/mol. The van der Waals surface area contributed by atoms with Crippen LogP contribution in [0.1, 0.15) is 28.8 Å². The molecule has 0 radical (unpaired) electrons. The second-order valence-electron chi connectivity index (χ2n) is 5.28. The number of aliphatic hydroxyl groups is 1. The zero-order valence-electron chi connectivity index (χ0n) is 10.1. The topological polar surface area (TPSA) is 57.6 Å². The summed E-state index contributed by atoms with van der Waals surface area (Å²) >= 11 is 0.